The van der Waals surface area contributed by atoms with Crippen LogP contribution in [0.1, 0.15) is 26.7 Å². The fourth-order valence-electron chi connectivity index (χ4n) is 4.19. The third-order valence-electron chi connectivity index (χ3n) is 5.30. The SMILES string of the molecule is C=C(C)C(=O)NCC(=O)OCCOC1C2OS(=O)(=O)C3CC1(C)CC23. The van der Waals surface area contributed by atoms with Gasteiger partial charge in [-0.25, -0.2) is 0 Å². The van der Waals surface area contributed by atoms with E-state index in [0.717, 1.165) is 6.42 Å². The normalized spacial score (nSPS) is 37.0. The van der Waals surface area contributed by atoms with Gasteiger partial charge < -0.3 is 14.8 Å². The van der Waals surface area contributed by atoms with Crippen LogP contribution in [0.25, 0.3) is 0 Å². The summed E-state index contributed by atoms with van der Waals surface area (Å²) in [6.07, 6.45) is 0.583. The summed E-state index contributed by atoms with van der Waals surface area (Å²) in [5.74, 6) is -0.978. The molecule has 9 heteroatoms. The van der Waals surface area contributed by atoms with E-state index in [1.54, 1.807) is 6.92 Å². The molecule has 0 aromatic rings. The molecule has 1 amide bonds. The first-order chi connectivity index (χ1) is 11.6. The van der Waals surface area contributed by atoms with Gasteiger partial charge in [0.25, 0.3) is 10.1 Å². The number of hydrogen-bond acceptors (Lipinski definition) is 7. The van der Waals surface area contributed by atoms with Crippen molar-refractivity contribution in [3.05, 3.63) is 12.2 Å². The van der Waals surface area contributed by atoms with Crippen LogP contribution in [0.3, 0.4) is 0 Å². The van der Waals surface area contributed by atoms with Crippen molar-refractivity contribution in [1.29, 1.82) is 0 Å². The Hall–Kier alpha value is -1.45. The molecule has 0 aromatic heterocycles. The van der Waals surface area contributed by atoms with Crippen LogP contribution in [-0.4, -0.2) is 57.5 Å². The van der Waals surface area contributed by atoms with E-state index in [4.69, 9.17) is 13.7 Å². The van der Waals surface area contributed by atoms with E-state index in [0.29, 0.717) is 12.0 Å². The van der Waals surface area contributed by atoms with Crippen LogP contribution in [-0.2, 0) is 33.4 Å². The monoisotopic (exact) mass is 373 g/mol. The molecule has 8 nitrogen and oxygen atoms in total. The van der Waals surface area contributed by atoms with E-state index in [-0.39, 0.29) is 37.2 Å². The van der Waals surface area contributed by atoms with Gasteiger partial charge in [-0.1, -0.05) is 13.5 Å². The summed E-state index contributed by atoms with van der Waals surface area (Å²) in [7, 11) is -3.48. The number of hydrogen-bond donors (Lipinski definition) is 1. The minimum Gasteiger partial charge on any atom is -0.462 e. The molecule has 0 radical (unpaired) electrons. The zero-order valence-corrected chi connectivity index (χ0v) is 15.1. The standard InChI is InChI=1S/C16H23NO7S/c1-9(2)15(19)17-8-12(18)22-4-5-23-14-13-10-6-16(14,3)7-11(10)25(20,21)24-13/h10-11,13-14H,1,4-8H2,2-3H3,(H,17,19). The number of nitrogens with one attached hydrogen (secondary N) is 1. The van der Waals surface area contributed by atoms with Gasteiger partial charge in [-0.05, 0) is 25.2 Å². The first-order valence-corrected chi connectivity index (χ1v) is 9.74. The number of amides is 1. The largest absolute Gasteiger partial charge is 0.462 e. The van der Waals surface area contributed by atoms with E-state index in [1.165, 1.54) is 0 Å². The van der Waals surface area contributed by atoms with Crippen LogP contribution in [0.5, 0.6) is 0 Å². The number of carbonyl (C=O) groups excluding carboxylic acids is 2. The van der Waals surface area contributed by atoms with Crippen molar-refractivity contribution < 1.29 is 31.7 Å². The van der Waals surface area contributed by atoms with Gasteiger partial charge in [-0.2, -0.15) is 8.42 Å². The third-order valence-corrected chi connectivity index (χ3v) is 7.04. The Kier molecular flexibility index (Phi) is 4.67. The van der Waals surface area contributed by atoms with Crippen LogP contribution >= 0.6 is 0 Å². The number of carbonyl (C=O) groups is 2. The lowest BCUT2D eigenvalue weighted by Crippen LogP contribution is -2.41. The highest BCUT2D eigenvalue weighted by atomic mass is 32.2. The summed E-state index contributed by atoms with van der Waals surface area (Å²) >= 11 is 0. The highest BCUT2D eigenvalue weighted by Gasteiger charge is 2.69. The first-order valence-electron chi connectivity index (χ1n) is 8.27. The Morgan fingerprint density at radius 3 is 2.72 bits per heavy atom. The van der Waals surface area contributed by atoms with Gasteiger partial charge in [-0.3, -0.25) is 13.8 Å². The van der Waals surface area contributed by atoms with Crippen molar-refractivity contribution in [1.82, 2.24) is 5.32 Å². The predicted octanol–water partition coefficient (Wildman–Crippen LogP) is 0.134. The third kappa shape index (κ3) is 3.32. The lowest BCUT2D eigenvalue weighted by molar-refractivity contribution is -0.147. The van der Waals surface area contributed by atoms with Gasteiger partial charge in [0.15, 0.2) is 0 Å². The molecule has 0 spiro atoms. The van der Waals surface area contributed by atoms with Crippen LogP contribution in [0.15, 0.2) is 12.2 Å². The van der Waals surface area contributed by atoms with E-state index in [1.807, 2.05) is 6.92 Å². The second-order valence-electron chi connectivity index (χ2n) is 7.29. The van der Waals surface area contributed by atoms with Gasteiger partial charge >= 0.3 is 5.97 Å². The van der Waals surface area contributed by atoms with Gasteiger partial charge in [0, 0.05) is 11.5 Å². The maximum atomic E-state index is 12.0. The molecule has 1 heterocycles. The lowest BCUT2D eigenvalue weighted by atomic mass is 9.82. The molecule has 3 fully saturated rings. The molecule has 5 atom stereocenters. The Bertz CT molecular complexity index is 703. The summed E-state index contributed by atoms with van der Waals surface area (Å²) in [5.41, 5.74) is 0.0914. The van der Waals surface area contributed by atoms with E-state index < -0.39 is 33.3 Å². The zero-order valence-electron chi connectivity index (χ0n) is 14.3. The van der Waals surface area contributed by atoms with E-state index >= 15 is 0 Å². The van der Waals surface area contributed by atoms with Crippen LogP contribution in [0.2, 0.25) is 0 Å². The zero-order chi connectivity index (χ0) is 18.4. The van der Waals surface area contributed by atoms with Crippen molar-refractivity contribution in [2.45, 2.75) is 44.1 Å². The Morgan fingerprint density at radius 1 is 1.32 bits per heavy atom. The second kappa shape index (κ2) is 6.37. The van der Waals surface area contributed by atoms with Crippen molar-refractivity contribution >= 4 is 22.0 Å². The molecule has 2 aliphatic carbocycles. The average molecular weight is 373 g/mol. The second-order valence-corrected chi connectivity index (χ2v) is 9.08. The first kappa shape index (κ1) is 18.3. The minimum absolute atomic E-state index is 0.0000873. The molecular weight excluding hydrogens is 350 g/mol. The molecule has 2 saturated carbocycles. The van der Waals surface area contributed by atoms with Crippen LogP contribution < -0.4 is 5.32 Å². The number of ether oxygens (including phenoxy) is 2. The number of rotatable bonds is 7. The van der Waals surface area contributed by atoms with Crippen molar-refractivity contribution in [3.63, 3.8) is 0 Å². The Balaban J connectivity index is 1.42. The maximum absolute atomic E-state index is 12.0. The summed E-state index contributed by atoms with van der Waals surface area (Å²) in [5, 5.41) is 1.98. The molecule has 140 valence electrons. The van der Waals surface area contributed by atoms with Crippen molar-refractivity contribution in [3.8, 4) is 0 Å². The molecule has 1 saturated heterocycles. The summed E-state index contributed by atoms with van der Waals surface area (Å²) < 4.78 is 40.0. The summed E-state index contributed by atoms with van der Waals surface area (Å²) in [6.45, 7) is 6.98. The van der Waals surface area contributed by atoms with Crippen molar-refractivity contribution in [2.24, 2.45) is 11.3 Å². The highest BCUT2D eigenvalue weighted by Crippen LogP contribution is 2.61. The molecule has 1 aliphatic heterocycles. The Labute approximate surface area is 147 Å². The molecular formula is C16H23NO7S. The van der Waals surface area contributed by atoms with Gasteiger partial charge in [-0.15, -0.1) is 0 Å². The molecule has 1 N–H and O–H groups in total. The quantitative estimate of drug-likeness (QED) is 0.292. The van der Waals surface area contributed by atoms with Crippen LogP contribution in [0, 0.1) is 11.3 Å². The molecule has 3 aliphatic rings. The van der Waals surface area contributed by atoms with Gasteiger partial charge in [0.2, 0.25) is 5.91 Å². The Morgan fingerprint density at radius 2 is 2.04 bits per heavy atom. The molecule has 25 heavy (non-hydrogen) atoms. The smallest absolute Gasteiger partial charge is 0.325 e. The van der Waals surface area contributed by atoms with Gasteiger partial charge in [0.05, 0.1) is 18.0 Å². The highest BCUT2D eigenvalue weighted by molar-refractivity contribution is 7.87. The molecule has 0 aromatic carbocycles. The number of esters is 1. The summed E-state index contributed by atoms with van der Waals surface area (Å²) in [4.78, 5) is 22.8. The summed E-state index contributed by atoms with van der Waals surface area (Å²) in [6, 6.07) is 0. The topological polar surface area (TPSA) is 108 Å². The molecule has 3 rings (SSSR count). The average Bonchev–Trinajstić information content (AvgIpc) is 3.06. The number of fused-ring (bicyclic) bond motifs is 1. The fraction of sp³-hybridized carbons (Fsp3) is 0.750. The van der Waals surface area contributed by atoms with Crippen LogP contribution in [0.4, 0.5) is 0 Å². The predicted molar refractivity (Wildman–Crippen MR) is 86.9 cm³/mol. The maximum Gasteiger partial charge on any atom is 0.325 e. The molecule has 5 unspecified atom stereocenters. The fourth-order valence-corrected chi connectivity index (χ4v) is 6.15. The minimum atomic E-state index is -3.48. The van der Waals surface area contributed by atoms with E-state index in [2.05, 4.69) is 11.9 Å². The van der Waals surface area contributed by atoms with Crippen molar-refractivity contribution in [2.75, 3.05) is 19.8 Å². The molecule has 2 bridgehead atoms. The van der Waals surface area contributed by atoms with E-state index in [9.17, 15) is 18.0 Å². The lowest BCUT2D eigenvalue weighted by Gasteiger charge is -2.32. The van der Waals surface area contributed by atoms with Gasteiger partial charge in [0.1, 0.15) is 19.3 Å².